The highest BCUT2D eigenvalue weighted by atomic mass is 16.5. The third-order valence-corrected chi connectivity index (χ3v) is 4.95. The summed E-state index contributed by atoms with van der Waals surface area (Å²) in [5.41, 5.74) is 2.37. The minimum atomic E-state index is -0.611. The zero-order valence-electron chi connectivity index (χ0n) is 17.3. The first-order valence-corrected chi connectivity index (χ1v) is 9.93. The fourth-order valence-corrected chi connectivity index (χ4v) is 3.18. The first kappa shape index (κ1) is 20.5. The molecular weight excluding hydrogens is 398 g/mol. The maximum absolute atomic E-state index is 12.8. The Hall–Kier alpha value is -3.81. The van der Waals surface area contributed by atoms with E-state index in [1.165, 1.54) is 7.11 Å². The maximum Gasteiger partial charge on any atom is 0.357 e. The summed E-state index contributed by atoms with van der Waals surface area (Å²) in [7, 11) is 3.04. The van der Waals surface area contributed by atoms with Crippen molar-refractivity contribution in [3.63, 3.8) is 0 Å². The van der Waals surface area contributed by atoms with Gasteiger partial charge in [-0.2, -0.15) is 5.10 Å². The summed E-state index contributed by atoms with van der Waals surface area (Å²) in [6.45, 7) is -0.438. The highest BCUT2D eigenvalue weighted by Crippen LogP contribution is 2.39. The van der Waals surface area contributed by atoms with Crippen LogP contribution in [0.4, 0.5) is 5.69 Å². The summed E-state index contributed by atoms with van der Waals surface area (Å²) in [5.74, 6) is 0.324. The van der Waals surface area contributed by atoms with E-state index in [4.69, 9.17) is 14.2 Å². The molecule has 1 heterocycles. The van der Waals surface area contributed by atoms with Crippen LogP contribution in [0, 0.1) is 0 Å². The van der Waals surface area contributed by atoms with Crippen LogP contribution in [-0.4, -0.2) is 42.5 Å². The molecule has 0 radical (unpaired) electrons. The van der Waals surface area contributed by atoms with Crippen molar-refractivity contribution >= 4 is 17.6 Å². The van der Waals surface area contributed by atoms with Gasteiger partial charge in [0.1, 0.15) is 11.5 Å². The van der Waals surface area contributed by atoms with E-state index >= 15 is 0 Å². The number of hydrogen-bond donors (Lipinski definition) is 1. The topological polar surface area (TPSA) is 91.7 Å². The van der Waals surface area contributed by atoms with Crippen molar-refractivity contribution in [1.29, 1.82) is 0 Å². The summed E-state index contributed by atoms with van der Waals surface area (Å²) >= 11 is 0. The van der Waals surface area contributed by atoms with Gasteiger partial charge in [0.2, 0.25) is 0 Å². The predicted molar refractivity (Wildman–Crippen MR) is 114 cm³/mol. The highest BCUT2D eigenvalue weighted by molar-refractivity contribution is 5.96. The van der Waals surface area contributed by atoms with Gasteiger partial charge in [0.15, 0.2) is 12.3 Å². The molecule has 4 rings (SSSR count). The average molecular weight is 421 g/mol. The summed E-state index contributed by atoms with van der Waals surface area (Å²) in [4.78, 5) is 25.1. The lowest BCUT2D eigenvalue weighted by atomic mass is 10.2. The van der Waals surface area contributed by atoms with Crippen LogP contribution in [0.2, 0.25) is 0 Å². The molecule has 1 amide bonds. The van der Waals surface area contributed by atoms with Crippen LogP contribution in [0.1, 0.15) is 34.9 Å². The summed E-state index contributed by atoms with van der Waals surface area (Å²) in [5, 5.41) is 7.26. The quantitative estimate of drug-likeness (QED) is 0.559. The van der Waals surface area contributed by atoms with Crippen LogP contribution >= 0.6 is 0 Å². The molecule has 0 atom stereocenters. The second-order valence-electron chi connectivity index (χ2n) is 7.17. The Morgan fingerprint density at radius 3 is 2.52 bits per heavy atom. The van der Waals surface area contributed by atoms with Crippen LogP contribution in [0.5, 0.6) is 11.5 Å². The molecule has 1 aliphatic rings. The van der Waals surface area contributed by atoms with Crippen LogP contribution in [0.15, 0.2) is 54.6 Å². The van der Waals surface area contributed by atoms with Gasteiger partial charge in [0.25, 0.3) is 5.91 Å². The third kappa shape index (κ3) is 4.69. The van der Waals surface area contributed by atoms with E-state index in [0.717, 1.165) is 24.2 Å². The third-order valence-electron chi connectivity index (χ3n) is 4.95. The van der Waals surface area contributed by atoms with Crippen LogP contribution in [0.25, 0.3) is 5.69 Å². The largest absolute Gasteiger partial charge is 0.497 e. The molecule has 1 N–H and O–H groups in total. The molecule has 0 saturated heterocycles. The lowest BCUT2D eigenvalue weighted by Gasteiger charge is -2.12. The van der Waals surface area contributed by atoms with Gasteiger partial charge in [-0.1, -0.05) is 18.2 Å². The number of carbonyl (C=O) groups is 2. The van der Waals surface area contributed by atoms with Crippen molar-refractivity contribution in [2.45, 2.75) is 18.8 Å². The van der Waals surface area contributed by atoms with Crippen molar-refractivity contribution < 1.29 is 23.8 Å². The highest BCUT2D eigenvalue weighted by Gasteiger charge is 2.29. The normalized spacial score (nSPS) is 12.8. The summed E-state index contributed by atoms with van der Waals surface area (Å²) in [6, 6.07) is 16.1. The van der Waals surface area contributed by atoms with Gasteiger partial charge in [0.05, 0.1) is 31.3 Å². The van der Waals surface area contributed by atoms with Crippen molar-refractivity contribution in [1.82, 2.24) is 9.78 Å². The number of amides is 1. The van der Waals surface area contributed by atoms with Gasteiger partial charge in [-0.3, -0.25) is 4.79 Å². The Balaban J connectivity index is 1.45. The van der Waals surface area contributed by atoms with E-state index in [-0.39, 0.29) is 0 Å². The minimum Gasteiger partial charge on any atom is -0.497 e. The fourth-order valence-electron chi connectivity index (χ4n) is 3.18. The second kappa shape index (κ2) is 8.91. The first-order chi connectivity index (χ1) is 15.1. The van der Waals surface area contributed by atoms with E-state index in [9.17, 15) is 9.59 Å². The molecular formula is C23H23N3O5. The fraction of sp³-hybridized carbons (Fsp3) is 0.261. The standard InChI is InChI=1S/C23H23N3O5/c1-29-17-10-11-18(21(12-17)30-2)24-22(27)14-31-23(28)20-13-19(15-8-9-15)25-26(20)16-6-4-3-5-7-16/h3-7,10-13,15H,8-9,14H2,1-2H3,(H,24,27). The number of para-hydroxylation sites is 1. The Kier molecular flexibility index (Phi) is 5.88. The zero-order valence-corrected chi connectivity index (χ0v) is 17.3. The number of rotatable bonds is 8. The molecule has 0 spiro atoms. The molecule has 2 aromatic carbocycles. The molecule has 1 saturated carbocycles. The molecule has 0 unspecified atom stereocenters. The number of benzene rings is 2. The molecule has 31 heavy (non-hydrogen) atoms. The second-order valence-corrected chi connectivity index (χ2v) is 7.17. The van der Waals surface area contributed by atoms with Crippen LogP contribution in [0.3, 0.4) is 0 Å². The van der Waals surface area contributed by atoms with Gasteiger partial charge in [0, 0.05) is 12.0 Å². The average Bonchev–Trinajstić information content (AvgIpc) is 3.56. The van der Waals surface area contributed by atoms with Gasteiger partial charge in [-0.25, -0.2) is 9.48 Å². The molecule has 8 heteroatoms. The minimum absolute atomic E-state index is 0.294. The predicted octanol–water partition coefficient (Wildman–Crippen LogP) is 3.56. The lowest BCUT2D eigenvalue weighted by Crippen LogP contribution is -2.22. The number of nitrogens with one attached hydrogen (secondary N) is 1. The number of hydrogen-bond acceptors (Lipinski definition) is 6. The Labute approximate surface area is 179 Å². The van der Waals surface area contributed by atoms with Crippen LogP contribution < -0.4 is 14.8 Å². The molecule has 1 aliphatic carbocycles. The van der Waals surface area contributed by atoms with Gasteiger partial charge in [-0.05, 0) is 43.2 Å². The maximum atomic E-state index is 12.8. The van der Waals surface area contributed by atoms with Crippen LogP contribution in [-0.2, 0) is 9.53 Å². The van der Waals surface area contributed by atoms with Crippen molar-refractivity contribution in [2.75, 3.05) is 26.1 Å². The van der Waals surface area contributed by atoms with Crippen molar-refractivity contribution in [3.8, 4) is 17.2 Å². The van der Waals surface area contributed by atoms with E-state index in [0.29, 0.717) is 28.8 Å². The molecule has 0 aliphatic heterocycles. The van der Waals surface area contributed by atoms with E-state index in [2.05, 4.69) is 10.4 Å². The molecule has 1 aromatic heterocycles. The number of carbonyl (C=O) groups excluding carboxylic acids is 2. The molecule has 8 nitrogen and oxygen atoms in total. The van der Waals surface area contributed by atoms with E-state index in [1.54, 1.807) is 36.1 Å². The van der Waals surface area contributed by atoms with Crippen molar-refractivity contribution in [2.24, 2.45) is 0 Å². The Morgan fingerprint density at radius 1 is 1.06 bits per heavy atom. The van der Waals surface area contributed by atoms with E-state index < -0.39 is 18.5 Å². The van der Waals surface area contributed by atoms with Gasteiger partial charge < -0.3 is 19.5 Å². The Morgan fingerprint density at radius 2 is 1.84 bits per heavy atom. The molecule has 3 aromatic rings. The monoisotopic (exact) mass is 421 g/mol. The lowest BCUT2D eigenvalue weighted by molar-refractivity contribution is -0.119. The van der Waals surface area contributed by atoms with Gasteiger partial charge in [-0.15, -0.1) is 0 Å². The van der Waals surface area contributed by atoms with E-state index in [1.807, 2.05) is 30.3 Å². The SMILES string of the molecule is COc1ccc(NC(=O)COC(=O)c2cc(C3CC3)nn2-c2ccccc2)c(OC)c1. The number of ether oxygens (including phenoxy) is 3. The summed E-state index contributed by atoms with van der Waals surface area (Å²) < 4.78 is 17.3. The zero-order chi connectivity index (χ0) is 21.8. The first-order valence-electron chi connectivity index (χ1n) is 9.93. The Bertz CT molecular complexity index is 1090. The van der Waals surface area contributed by atoms with Crippen molar-refractivity contribution in [3.05, 3.63) is 66.0 Å². The number of nitrogens with zero attached hydrogens (tertiary/aromatic N) is 2. The number of methoxy groups -OCH3 is 2. The molecule has 0 bridgehead atoms. The van der Waals surface area contributed by atoms with Gasteiger partial charge >= 0.3 is 5.97 Å². The number of anilines is 1. The molecule has 160 valence electrons. The number of esters is 1. The summed E-state index contributed by atoms with van der Waals surface area (Å²) in [6.07, 6.45) is 2.12. The molecule has 1 fully saturated rings. The number of aromatic nitrogens is 2. The smallest absolute Gasteiger partial charge is 0.357 e.